The molecule has 152 valence electrons. The molecule has 0 saturated carbocycles. The first-order valence-corrected chi connectivity index (χ1v) is 10.0. The minimum Gasteiger partial charge on any atom is -0.250 e. The van der Waals surface area contributed by atoms with Crippen LogP contribution in [0.5, 0.6) is 0 Å². The summed E-state index contributed by atoms with van der Waals surface area (Å²) < 4.78 is 16.6. The molecule has 4 rings (SSSR count). The van der Waals surface area contributed by atoms with Crippen molar-refractivity contribution in [2.24, 2.45) is 5.10 Å². The summed E-state index contributed by atoms with van der Waals surface area (Å²) in [5, 5.41) is 16.8. The first kappa shape index (κ1) is 20.5. The van der Waals surface area contributed by atoms with Gasteiger partial charge in [0.05, 0.1) is 29.0 Å². The van der Waals surface area contributed by atoms with Crippen molar-refractivity contribution in [1.29, 1.82) is 0 Å². The number of aromatic nitrogens is 5. The number of nitrogens with zero attached hydrogens (tertiary/aromatic N) is 5. The second-order valence-electron chi connectivity index (χ2n) is 6.46. The second kappa shape index (κ2) is 8.51. The smallest absolute Gasteiger partial charge is 0.216 e. The largest absolute Gasteiger partial charge is 0.250 e. The molecule has 0 spiro atoms. The summed E-state index contributed by atoms with van der Waals surface area (Å²) in [6.45, 7) is 2.24. The van der Waals surface area contributed by atoms with Gasteiger partial charge in [0, 0.05) is 5.56 Å². The van der Waals surface area contributed by atoms with Crippen LogP contribution in [0, 0.1) is 17.5 Å². The van der Waals surface area contributed by atoms with Crippen LogP contribution in [-0.4, -0.2) is 30.9 Å². The van der Waals surface area contributed by atoms with Crippen molar-refractivity contribution in [2.75, 3.05) is 0 Å². The Labute approximate surface area is 186 Å². The highest BCUT2D eigenvalue weighted by molar-refractivity contribution is 7.71. The minimum atomic E-state index is -0.291. The molecule has 0 bridgehead atoms. The van der Waals surface area contributed by atoms with Gasteiger partial charge >= 0.3 is 0 Å². The van der Waals surface area contributed by atoms with Crippen molar-refractivity contribution in [3.63, 3.8) is 0 Å². The third kappa shape index (κ3) is 4.07. The van der Waals surface area contributed by atoms with E-state index >= 15 is 0 Å². The molecule has 10 heteroatoms. The van der Waals surface area contributed by atoms with E-state index in [1.807, 2.05) is 25.1 Å². The van der Waals surface area contributed by atoms with E-state index in [1.54, 1.807) is 29.1 Å². The minimum absolute atomic E-state index is 0.291. The number of rotatable bonds is 5. The normalized spacial score (nSPS) is 11.5. The van der Waals surface area contributed by atoms with E-state index in [1.165, 1.54) is 16.8 Å². The van der Waals surface area contributed by atoms with Gasteiger partial charge < -0.3 is 0 Å². The summed E-state index contributed by atoms with van der Waals surface area (Å²) in [5.74, 6) is 0.190. The van der Waals surface area contributed by atoms with E-state index in [9.17, 15) is 4.39 Å². The van der Waals surface area contributed by atoms with Crippen molar-refractivity contribution in [2.45, 2.75) is 13.5 Å². The zero-order valence-electron chi connectivity index (χ0n) is 15.7. The van der Waals surface area contributed by atoms with Crippen LogP contribution < -0.4 is 0 Å². The average molecular weight is 461 g/mol. The van der Waals surface area contributed by atoms with Crippen LogP contribution in [-0.2, 0) is 6.54 Å². The number of hydrogen-bond acceptors (Lipinski definition) is 4. The molecule has 2 aromatic carbocycles. The van der Waals surface area contributed by atoms with Crippen molar-refractivity contribution in [1.82, 2.24) is 24.7 Å². The highest BCUT2D eigenvalue weighted by Gasteiger charge is 2.14. The SMILES string of the molecule is Cc1nn(Cc2ccc(F)cc2)c(Cl)c1C=Nn1c(-c2ccccc2Cl)n[nH]c1=S. The number of hydrogen-bond donors (Lipinski definition) is 1. The van der Waals surface area contributed by atoms with Crippen LogP contribution in [0.2, 0.25) is 10.2 Å². The standard InChI is InChI=1S/C20H15Cl2FN6S/c1-12-16(18(22)28(27-12)11-13-6-8-14(23)9-7-13)10-24-29-19(25-26-20(29)30)15-4-2-3-5-17(15)21/h2-10H,11H2,1H3,(H,26,30). The van der Waals surface area contributed by atoms with Gasteiger partial charge in [-0.3, -0.25) is 0 Å². The Bertz CT molecular complexity index is 1290. The quantitative estimate of drug-likeness (QED) is 0.316. The molecule has 0 radical (unpaired) electrons. The Balaban J connectivity index is 1.67. The molecule has 0 unspecified atom stereocenters. The second-order valence-corrected chi connectivity index (χ2v) is 7.61. The lowest BCUT2D eigenvalue weighted by Gasteiger charge is -2.04. The molecule has 0 aliphatic rings. The first-order valence-electron chi connectivity index (χ1n) is 8.88. The Morgan fingerprint density at radius 1 is 1.17 bits per heavy atom. The molecule has 30 heavy (non-hydrogen) atoms. The predicted octanol–water partition coefficient (Wildman–Crippen LogP) is 5.49. The fraction of sp³-hybridized carbons (Fsp3) is 0.100. The van der Waals surface area contributed by atoms with Crippen molar-refractivity contribution < 1.29 is 4.39 Å². The summed E-state index contributed by atoms with van der Waals surface area (Å²) in [4.78, 5) is 0. The number of aromatic amines is 1. The zero-order valence-corrected chi connectivity index (χ0v) is 18.0. The molecule has 2 heterocycles. The third-order valence-corrected chi connectivity index (χ3v) is 5.41. The number of halogens is 3. The number of aryl methyl sites for hydroxylation is 1. The van der Waals surface area contributed by atoms with Gasteiger partial charge in [-0.05, 0) is 49.0 Å². The van der Waals surface area contributed by atoms with Crippen molar-refractivity contribution in [3.8, 4) is 11.4 Å². The summed E-state index contributed by atoms with van der Waals surface area (Å²) in [5.41, 5.74) is 2.91. The van der Waals surface area contributed by atoms with Gasteiger partial charge in [0.2, 0.25) is 4.77 Å². The maximum Gasteiger partial charge on any atom is 0.216 e. The first-order chi connectivity index (χ1) is 14.4. The lowest BCUT2D eigenvalue weighted by Crippen LogP contribution is -2.02. The molecule has 0 atom stereocenters. The molecule has 0 fully saturated rings. The zero-order chi connectivity index (χ0) is 21.3. The van der Waals surface area contributed by atoms with Gasteiger partial charge in [-0.25, -0.2) is 14.2 Å². The highest BCUT2D eigenvalue weighted by Crippen LogP contribution is 2.26. The third-order valence-electron chi connectivity index (χ3n) is 4.42. The van der Waals surface area contributed by atoms with Gasteiger partial charge in [-0.2, -0.15) is 20.0 Å². The number of nitrogens with one attached hydrogen (secondary N) is 1. The lowest BCUT2D eigenvalue weighted by atomic mass is 10.2. The molecule has 6 nitrogen and oxygen atoms in total. The summed E-state index contributed by atoms with van der Waals surface area (Å²) in [6, 6.07) is 13.5. The van der Waals surface area contributed by atoms with Gasteiger partial charge in [0.25, 0.3) is 0 Å². The predicted molar refractivity (Wildman–Crippen MR) is 118 cm³/mol. The number of benzene rings is 2. The van der Waals surface area contributed by atoms with Gasteiger partial charge in [-0.15, -0.1) is 0 Å². The highest BCUT2D eigenvalue weighted by atomic mass is 35.5. The van der Waals surface area contributed by atoms with Crippen LogP contribution in [0.25, 0.3) is 11.4 Å². The fourth-order valence-corrected chi connectivity index (χ4v) is 3.60. The average Bonchev–Trinajstić information content (AvgIpc) is 3.21. The van der Waals surface area contributed by atoms with E-state index in [2.05, 4.69) is 20.4 Å². The molecule has 2 aromatic heterocycles. The van der Waals surface area contributed by atoms with E-state index < -0.39 is 0 Å². The summed E-state index contributed by atoms with van der Waals surface area (Å²) in [7, 11) is 0. The monoisotopic (exact) mass is 460 g/mol. The molecule has 0 aliphatic carbocycles. The van der Waals surface area contributed by atoms with Crippen molar-refractivity contribution >= 4 is 41.6 Å². The van der Waals surface area contributed by atoms with Crippen LogP contribution in [0.3, 0.4) is 0 Å². The van der Waals surface area contributed by atoms with Crippen LogP contribution in [0.1, 0.15) is 16.8 Å². The molecule has 4 aromatic rings. The Hall–Kier alpha value is -2.81. The molecule has 0 amide bonds. The van der Waals surface area contributed by atoms with Crippen LogP contribution in [0.15, 0.2) is 53.6 Å². The Morgan fingerprint density at radius 3 is 2.63 bits per heavy atom. The van der Waals surface area contributed by atoms with Crippen molar-refractivity contribution in [3.05, 3.63) is 86.1 Å². The van der Waals surface area contributed by atoms with Crippen LogP contribution >= 0.6 is 35.4 Å². The maximum absolute atomic E-state index is 13.1. The van der Waals surface area contributed by atoms with E-state index in [-0.39, 0.29) is 5.82 Å². The lowest BCUT2D eigenvalue weighted by molar-refractivity contribution is 0.624. The Kier molecular flexibility index (Phi) is 5.80. The maximum atomic E-state index is 13.1. The van der Waals surface area contributed by atoms with E-state index in [0.29, 0.717) is 44.1 Å². The summed E-state index contributed by atoms with van der Waals surface area (Å²) in [6.07, 6.45) is 1.58. The van der Waals surface area contributed by atoms with E-state index in [4.69, 9.17) is 35.4 Å². The van der Waals surface area contributed by atoms with Gasteiger partial charge in [0.1, 0.15) is 11.0 Å². The number of H-pyrrole nitrogens is 1. The van der Waals surface area contributed by atoms with Crippen LogP contribution in [0.4, 0.5) is 4.39 Å². The molecule has 1 N–H and O–H groups in total. The molecule has 0 saturated heterocycles. The Morgan fingerprint density at radius 2 is 1.90 bits per heavy atom. The molecular weight excluding hydrogens is 446 g/mol. The molecular formula is C20H15Cl2FN6S. The van der Waals surface area contributed by atoms with Gasteiger partial charge in [-0.1, -0.05) is 47.5 Å². The fourth-order valence-electron chi connectivity index (χ4n) is 2.91. The molecule has 0 aliphatic heterocycles. The van der Waals surface area contributed by atoms with Gasteiger partial charge in [0.15, 0.2) is 5.82 Å². The van der Waals surface area contributed by atoms with E-state index in [0.717, 1.165) is 5.56 Å². The summed E-state index contributed by atoms with van der Waals surface area (Å²) >= 11 is 18.1. The topological polar surface area (TPSA) is 63.8 Å².